The van der Waals surface area contributed by atoms with E-state index in [1.807, 2.05) is 0 Å². The minimum absolute atomic E-state index is 0.0324. The summed E-state index contributed by atoms with van der Waals surface area (Å²) in [5.41, 5.74) is 1.22. The highest BCUT2D eigenvalue weighted by atomic mass is 16.3. The Morgan fingerprint density at radius 2 is 1.72 bits per heavy atom. The van der Waals surface area contributed by atoms with E-state index in [1.165, 1.54) is 31.4 Å². The molecular formula is C29H47N5O2. The first kappa shape index (κ1) is 25.9. The lowest BCUT2D eigenvalue weighted by molar-refractivity contribution is -0.128. The molecule has 1 amide bonds. The van der Waals surface area contributed by atoms with E-state index < -0.39 is 0 Å². The van der Waals surface area contributed by atoms with E-state index in [-0.39, 0.29) is 23.3 Å². The minimum atomic E-state index is -0.198. The van der Waals surface area contributed by atoms with Gasteiger partial charge in [0.1, 0.15) is 11.6 Å². The van der Waals surface area contributed by atoms with Gasteiger partial charge in [0.15, 0.2) is 0 Å². The van der Waals surface area contributed by atoms with Gasteiger partial charge in [-0.3, -0.25) is 9.69 Å². The fourth-order valence-electron chi connectivity index (χ4n) is 6.18. The molecule has 4 aliphatic rings. The number of piperazine rings is 1. The first-order chi connectivity index (χ1) is 17.2. The molecule has 0 spiro atoms. The van der Waals surface area contributed by atoms with Crippen LogP contribution in [-0.4, -0.2) is 70.8 Å². The van der Waals surface area contributed by atoms with Crippen LogP contribution in [-0.2, 0) is 10.2 Å². The molecule has 36 heavy (non-hydrogen) atoms. The second-order valence-electron chi connectivity index (χ2n) is 13.0. The number of carbonyl (C=O) groups is 1. The summed E-state index contributed by atoms with van der Waals surface area (Å²) >= 11 is 0. The standard InChI is InChI=1S/C29H47N5O2/c1-29(2,3)28-31-25(21-5-4-6-21)19-26(32-28)34-15-13-33(14-16-34)12-11-20-17-23(18-20)30-27(36)22-7-9-24(35)10-8-22/h19-24,35H,4-18H2,1-3H3,(H,30,36). The van der Waals surface area contributed by atoms with Gasteiger partial charge in [0.25, 0.3) is 0 Å². The van der Waals surface area contributed by atoms with Gasteiger partial charge in [-0.05, 0) is 70.3 Å². The van der Waals surface area contributed by atoms with E-state index in [4.69, 9.17) is 9.97 Å². The Bertz CT molecular complexity index is 889. The summed E-state index contributed by atoms with van der Waals surface area (Å²) in [6.07, 6.45) is 10.4. The molecule has 1 aromatic rings. The topological polar surface area (TPSA) is 81.6 Å². The van der Waals surface area contributed by atoms with Crippen LogP contribution in [0.1, 0.15) is 102 Å². The van der Waals surface area contributed by atoms with Crippen molar-refractivity contribution in [1.29, 1.82) is 0 Å². The van der Waals surface area contributed by atoms with Crippen molar-refractivity contribution in [1.82, 2.24) is 20.2 Å². The summed E-state index contributed by atoms with van der Waals surface area (Å²) < 4.78 is 0. The number of hydrogen-bond acceptors (Lipinski definition) is 6. The van der Waals surface area contributed by atoms with Crippen LogP contribution in [0.4, 0.5) is 5.82 Å². The Kier molecular flexibility index (Phi) is 7.87. The second kappa shape index (κ2) is 10.9. The zero-order valence-electron chi connectivity index (χ0n) is 22.7. The normalized spacial score (nSPS) is 29.9. The summed E-state index contributed by atoms with van der Waals surface area (Å²) in [7, 11) is 0. The summed E-state index contributed by atoms with van der Waals surface area (Å²) in [6.45, 7) is 12.0. The van der Waals surface area contributed by atoms with Crippen LogP contribution in [0.25, 0.3) is 0 Å². The molecule has 5 rings (SSSR count). The summed E-state index contributed by atoms with van der Waals surface area (Å²) in [5.74, 6) is 3.81. The van der Waals surface area contributed by atoms with E-state index in [0.29, 0.717) is 12.0 Å². The molecule has 1 saturated heterocycles. The fraction of sp³-hybridized carbons (Fsp3) is 0.828. The van der Waals surface area contributed by atoms with Crippen molar-refractivity contribution in [2.24, 2.45) is 11.8 Å². The van der Waals surface area contributed by atoms with E-state index in [1.54, 1.807) is 0 Å². The predicted molar refractivity (Wildman–Crippen MR) is 143 cm³/mol. The number of aliphatic hydroxyl groups excluding tert-OH is 1. The second-order valence-corrected chi connectivity index (χ2v) is 13.0. The molecule has 3 aliphatic carbocycles. The SMILES string of the molecule is CC(C)(C)c1nc(C2CCC2)cc(N2CCN(CCC3CC(NC(=O)C4CCC(O)CC4)C3)CC2)n1. The van der Waals surface area contributed by atoms with Gasteiger partial charge in [0.2, 0.25) is 5.91 Å². The van der Waals surface area contributed by atoms with Crippen LogP contribution in [0, 0.1) is 11.8 Å². The van der Waals surface area contributed by atoms with Gasteiger partial charge >= 0.3 is 0 Å². The van der Waals surface area contributed by atoms with Crippen molar-refractivity contribution < 1.29 is 9.90 Å². The third-order valence-corrected chi connectivity index (χ3v) is 9.13. The largest absolute Gasteiger partial charge is 0.393 e. The molecule has 7 nitrogen and oxygen atoms in total. The lowest BCUT2D eigenvalue weighted by Crippen LogP contribution is -2.49. The van der Waals surface area contributed by atoms with Gasteiger partial charge in [-0.15, -0.1) is 0 Å². The number of nitrogens with one attached hydrogen (secondary N) is 1. The van der Waals surface area contributed by atoms with Gasteiger partial charge in [-0.1, -0.05) is 27.2 Å². The van der Waals surface area contributed by atoms with Crippen molar-refractivity contribution in [3.63, 3.8) is 0 Å². The summed E-state index contributed by atoms with van der Waals surface area (Å²) in [4.78, 5) is 27.6. The molecule has 4 fully saturated rings. The van der Waals surface area contributed by atoms with Gasteiger partial charge in [-0.25, -0.2) is 9.97 Å². The monoisotopic (exact) mass is 497 g/mol. The maximum absolute atomic E-state index is 12.5. The number of aromatic nitrogens is 2. The number of carbonyl (C=O) groups excluding carboxylic acids is 1. The number of hydrogen-bond donors (Lipinski definition) is 2. The smallest absolute Gasteiger partial charge is 0.223 e. The first-order valence-corrected chi connectivity index (χ1v) is 14.6. The number of aliphatic hydroxyl groups is 1. The summed E-state index contributed by atoms with van der Waals surface area (Å²) in [6, 6.07) is 2.64. The van der Waals surface area contributed by atoms with Crippen molar-refractivity contribution in [2.45, 2.75) is 108 Å². The molecule has 200 valence electrons. The lowest BCUT2D eigenvalue weighted by Gasteiger charge is -2.40. The molecule has 1 aliphatic heterocycles. The average molecular weight is 498 g/mol. The first-order valence-electron chi connectivity index (χ1n) is 14.6. The molecule has 0 atom stereocenters. The third kappa shape index (κ3) is 6.21. The molecule has 2 heterocycles. The van der Waals surface area contributed by atoms with Gasteiger partial charge in [0, 0.05) is 61.2 Å². The van der Waals surface area contributed by atoms with Crippen molar-refractivity contribution in [2.75, 3.05) is 37.6 Å². The number of rotatable bonds is 7. The molecule has 7 heteroatoms. The molecule has 0 aromatic carbocycles. The van der Waals surface area contributed by atoms with Gasteiger partial charge in [-0.2, -0.15) is 0 Å². The molecule has 2 N–H and O–H groups in total. The fourth-order valence-corrected chi connectivity index (χ4v) is 6.18. The van der Waals surface area contributed by atoms with Gasteiger partial charge < -0.3 is 15.3 Å². The Hall–Kier alpha value is -1.73. The maximum atomic E-state index is 12.5. The lowest BCUT2D eigenvalue weighted by atomic mass is 9.77. The zero-order chi connectivity index (χ0) is 25.3. The molecule has 0 radical (unpaired) electrons. The van der Waals surface area contributed by atoms with Gasteiger partial charge in [0.05, 0.1) is 6.10 Å². The van der Waals surface area contributed by atoms with Crippen molar-refractivity contribution >= 4 is 11.7 Å². The highest BCUT2D eigenvalue weighted by molar-refractivity contribution is 5.79. The quantitative estimate of drug-likeness (QED) is 0.593. The Morgan fingerprint density at radius 3 is 2.33 bits per heavy atom. The van der Waals surface area contributed by atoms with E-state index >= 15 is 0 Å². The minimum Gasteiger partial charge on any atom is -0.393 e. The zero-order valence-corrected chi connectivity index (χ0v) is 22.7. The molecular weight excluding hydrogens is 450 g/mol. The van der Waals surface area contributed by atoms with E-state index in [9.17, 15) is 9.90 Å². The Labute approximate surface area is 217 Å². The number of anilines is 1. The molecule has 0 bridgehead atoms. The highest BCUT2D eigenvalue weighted by Gasteiger charge is 2.34. The van der Waals surface area contributed by atoms with E-state index in [2.05, 4.69) is 42.0 Å². The molecule has 0 unspecified atom stereocenters. The number of amides is 1. The summed E-state index contributed by atoms with van der Waals surface area (Å²) in [5, 5.41) is 12.9. The average Bonchev–Trinajstić information content (AvgIpc) is 2.79. The van der Waals surface area contributed by atoms with Crippen molar-refractivity contribution in [3.05, 3.63) is 17.6 Å². The van der Waals surface area contributed by atoms with Crippen LogP contribution in [0.3, 0.4) is 0 Å². The molecule has 3 saturated carbocycles. The van der Waals surface area contributed by atoms with Crippen LogP contribution in [0.15, 0.2) is 6.07 Å². The molecule has 1 aromatic heterocycles. The Balaban J connectivity index is 1.04. The maximum Gasteiger partial charge on any atom is 0.223 e. The highest BCUT2D eigenvalue weighted by Crippen LogP contribution is 2.37. The van der Waals surface area contributed by atoms with Crippen molar-refractivity contribution in [3.8, 4) is 0 Å². The number of nitrogens with zero attached hydrogens (tertiary/aromatic N) is 4. The van der Waals surface area contributed by atoms with Crippen LogP contribution >= 0.6 is 0 Å². The van der Waals surface area contributed by atoms with Crippen LogP contribution in [0.2, 0.25) is 0 Å². The van der Waals surface area contributed by atoms with Crippen LogP contribution < -0.4 is 10.2 Å². The predicted octanol–water partition coefficient (Wildman–Crippen LogP) is 4.00. The Morgan fingerprint density at radius 1 is 1.03 bits per heavy atom. The van der Waals surface area contributed by atoms with Crippen LogP contribution in [0.5, 0.6) is 0 Å². The van der Waals surface area contributed by atoms with E-state index in [0.717, 1.165) is 88.8 Å². The third-order valence-electron chi connectivity index (χ3n) is 9.13.